The standard InChI is InChI=1S/C19H24N4O2/c1-3-16-11-17(23(2)22-16)21-19(25)18(24)20-12-13-8-9-14-6-4-5-7-15(14)10-13/h4-7,11,13H,3,8-10,12H2,1-2H3,(H,20,24)(H,21,25)/t13-/m0/s1. The van der Waals surface area contributed by atoms with E-state index in [1.54, 1.807) is 17.8 Å². The molecular weight excluding hydrogens is 316 g/mol. The molecule has 0 saturated heterocycles. The van der Waals surface area contributed by atoms with Crippen LogP contribution in [0.25, 0.3) is 0 Å². The number of amides is 2. The van der Waals surface area contributed by atoms with E-state index >= 15 is 0 Å². The lowest BCUT2D eigenvalue weighted by Crippen LogP contribution is -2.39. The number of anilines is 1. The molecular formula is C19H24N4O2. The number of hydrogen-bond donors (Lipinski definition) is 2. The van der Waals surface area contributed by atoms with Gasteiger partial charge in [-0.2, -0.15) is 5.10 Å². The quantitative estimate of drug-likeness (QED) is 0.834. The molecule has 0 saturated carbocycles. The van der Waals surface area contributed by atoms with Gasteiger partial charge in [-0.1, -0.05) is 31.2 Å². The first-order valence-electron chi connectivity index (χ1n) is 8.75. The fourth-order valence-electron chi connectivity index (χ4n) is 3.25. The van der Waals surface area contributed by atoms with Gasteiger partial charge in [0.1, 0.15) is 5.82 Å². The summed E-state index contributed by atoms with van der Waals surface area (Å²) in [4.78, 5) is 24.1. The third kappa shape index (κ3) is 4.07. The number of nitrogens with one attached hydrogen (secondary N) is 2. The van der Waals surface area contributed by atoms with Crippen LogP contribution < -0.4 is 10.6 Å². The Morgan fingerprint density at radius 2 is 2.00 bits per heavy atom. The Balaban J connectivity index is 1.51. The topological polar surface area (TPSA) is 76.0 Å². The van der Waals surface area contributed by atoms with Gasteiger partial charge in [0.2, 0.25) is 0 Å². The minimum absolute atomic E-state index is 0.370. The summed E-state index contributed by atoms with van der Waals surface area (Å²) in [6.45, 7) is 2.51. The average molecular weight is 340 g/mol. The fraction of sp³-hybridized carbons (Fsp3) is 0.421. The molecule has 0 fully saturated rings. The van der Waals surface area contributed by atoms with Gasteiger partial charge in [-0.15, -0.1) is 0 Å². The number of carbonyl (C=O) groups excluding carboxylic acids is 2. The van der Waals surface area contributed by atoms with E-state index in [4.69, 9.17) is 0 Å². The number of nitrogens with zero attached hydrogens (tertiary/aromatic N) is 2. The van der Waals surface area contributed by atoms with Crippen LogP contribution in [-0.4, -0.2) is 28.1 Å². The predicted octanol–water partition coefficient (Wildman–Crippen LogP) is 1.84. The van der Waals surface area contributed by atoms with Gasteiger partial charge in [-0.3, -0.25) is 14.3 Å². The second-order valence-corrected chi connectivity index (χ2v) is 6.54. The summed E-state index contributed by atoms with van der Waals surface area (Å²) in [6, 6.07) is 10.2. The molecule has 3 rings (SSSR count). The van der Waals surface area contributed by atoms with Crippen LogP contribution in [0.5, 0.6) is 0 Å². The van der Waals surface area contributed by atoms with Crippen LogP contribution in [0.4, 0.5) is 5.82 Å². The average Bonchev–Trinajstić information content (AvgIpc) is 2.99. The molecule has 132 valence electrons. The zero-order chi connectivity index (χ0) is 17.8. The largest absolute Gasteiger partial charge is 0.348 e. The van der Waals surface area contributed by atoms with E-state index in [-0.39, 0.29) is 0 Å². The number of carbonyl (C=O) groups is 2. The van der Waals surface area contributed by atoms with Crippen LogP contribution in [0, 0.1) is 5.92 Å². The van der Waals surface area contributed by atoms with Crippen molar-refractivity contribution in [2.45, 2.75) is 32.6 Å². The highest BCUT2D eigenvalue weighted by Gasteiger charge is 2.21. The molecule has 1 aromatic heterocycles. The Morgan fingerprint density at radius 1 is 1.24 bits per heavy atom. The lowest BCUT2D eigenvalue weighted by atomic mass is 9.84. The Bertz CT molecular complexity index is 781. The summed E-state index contributed by atoms with van der Waals surface area (Å²) in [7, 11) is 1.74. The van der Waals surface area contributed by atoms with E-state index in [2.05, 4.69) is 33.9 Å². The second kappa shape index (κ2) is 7.51. The number of fused-ring (bicyclic) bond motifs is 1. The van der Waals surface area contributed by atoms with E-state index in [1.165, 1.54) is 11.1 Å². The Morgan fingerprint density at radius 3 is 2.72 bits per heavy atom. The summed E-state index contributed by atoms with van der Waals surface area (Å²) in [5, 5.41) is 9.63. The maximum Gasteiger partial charge on any atom is 0.314 e. The number of benzene rings is 1. The molecule has 2 aromatic rings. The van der Waals surface area contributed by atoms with Crippen molar-refractivity contribution >= 4 is 17.6 Å². The zero-order valence-corrected chi connectivity index (χ0v) is 14.7. The van der Waals surface area contributed by atoms with Crippen molar-refractivity contribution in [1.29, 1.82) is 0 Å². The Kier molecular flexibility index (Phi) is 5.16. The van der Waals surface area contributed by atoms with Crippen molar-refractivity contribution in [3.05, 3.63) is 47.2 Å². The molecule has 6 nitrogen and oxygen atoms in total. The van der Waals surface area contributed by atoms with Gasteiger partial charge in [0.15, 0.2) is 0 Å². The summed E-state index contributed by atoms with van der Waals surface area (Å²) in [5.74, 6) is -0.349. The molecule has 0 unspecified atom stereocenters. The minimum atomic E-state index is -0.651. The molecule has 0 radical (unpaired) electrons. The van der Waals surface area contributed by atoms with E-state index < -0.39 is 11.8 Å². The van der Waals surface area contributed by atoms with Crippen molar-refractivity contribution in [2.24, 2.45) is 13.0 Å². The van der Waals surface area contributed by atoms with Crippen molar-refractivity contribution in [1.82, 2.24) is 15.1 Å². The molecule has 25 heavy (non-hydrogen) atoms. The third-order valence-electron chi connectivity index (χ3n) is 4.74. The first-order chi connectivity index (χ1) is 12.1. The second-order valence-electron chi connectivity index (χ2n) is 6.54. The van der Waals surface area contributed by atoms with Crippen LogP contribution in [0.1, 0.15) is 30.2 Å². The lowest BCUT2D eigenvalue weighted by Gasteiger charge is -2.24. The molecule has 1 aliphatic carbocycles. The molecule has 6 heteroatoms. The monoisotopic (exact) mass is 340 g/mol. The number of aromatic nitrogens is 2. The predicted molar refractivity (Wildman–Crippen MR) is 96.2 cm³/mol. The SMILES string of the molecule is CCc1cc(NC(=O)C(=O)NC[C@H]2CCc3ccccc3C2)n(C)n1. The van der Waals surface area contributed by atoms with Crippen molar-refractivity contribution in [3.8, 4) is 0 Å². The molecule has 1 aromatic carbocycles. The van der Waals surface area contributed by atoms with Crippen LogP contribution >= 0.6 is 0 Å². The molecule has 2 amide bonds. The molecule has 0 aliphatic heterocycles. The molecule has 1 aliphatic rings. The number of aryl methyl sites for hydroxylation is 3. The molecule has 1 atom stereocenters. The van der Waals surface area contributed by atoms with Crippen LogP contribution in [-0.2, 0) is 35.9 Å². The summed E-state index contributed by atoms with van der Waals surface area (Å²) >= 11 is 0. The summed E-state index contributed by atoms with van der Waals surface area (Å²) in [6.07, 6.45) is 3.77. The number of rotatable bonds is 4. The van der Waals surface area contributed by atoms with Gasteiger partial charge < -0.3 is 10.6 Å². The Labute approximate surface area is 147 Å². The van der Waals surface area contributed by atoms with Crippen molar-refractivity contribution in [3.63, 3.8) is 0 Å². The van der Waals surface area contributed by atoms with Gasteiger partial charge in [-0.25, -0.2) is 0 Å². The first kappa shape index (κ1) is 17.2. The highest BCUT2D eigenvalue weighted by Crippen LogP contribution is 2.24. The highest BCUT2D eigenvalue weighted by molar-refractivity contribution is 6.39. The van der Waals surface area contributed by atoms with Gasteiger partial charge in [0, 0.05) is 19.7 Å². The normalized spacial score (nSPS) is 16.2. The maximum absolute atomic E-state index is 12.1. The number of hydrogen-bond acceptors (Lipinski definition) is 3. The maximum atomic E-state index is 12.1. The van der Waals surface area contributed by atoms with Gasteiger partial charge in [0.05, 0.1) is 5.69 Å². The molecule has 0 spiro atoms. The van der Waals surface area contributed by atoms with Crippen LogP contribution in [0.2, 0.25) is 0 Å². The smallest absolute Gasteiger partial charge is 0.314 e. The van der Waals surface area contributed by atoms with E-state index in [9.17, 15) is 9.59 Å². The zero-order valence-electron chi connectivity index (χ0n) is 14.7. The summed E-state index contributed by atoms with van der Waals surface area (Å²) < 4.78 is 1.57. The highest BCUT2D eigenvalue weighted by atomic mass is 16.2. The molecule has 1 heterocycles. The first-order valence-corrected chi connectivity index (χ1v) is 8.75. The van der Waals surface area contributed by atoms with Gasteiger partial charge >= 0.3 is 11.8 Å². The van der Waals surface area contributed by atoms with Gasteiger partial charge in [-0.05, 0) is 42.7 Å². The van der Waals surface area contributed by atoms with Crippen LogP contribution in [0.3, 0.4) is 0 Å². The minimum Gasteiger partial charge on any atom is -0.348 e. The van der Waals surface area contributed by atoms with Crippen molar-refractivity contribution in [2.75, 3.05) is 11.9 Å². The fourth-order valence-corrected chi connectivity index (χ4v) is 3.25. The summed E-state index contributed by atoms with van der Waals surface area (Å²) in [5.41, 5.74) is 3.62. The lowest BCUT2D eigenvalue weighted by molar-refractivity contribution is -0.136. The van der Waals surface area contributed by atoms with Crippen LogP contribution in [0.15, 0.2) is 30.3 Å². The molecule has 2 N–H and O–H groups in total. The van der Waals surface area contributed by atoms with E-state index in [0.717, 1.165) is 31.4 Å². The van der Waals surface area contributed by atoms with E-state index in [0.29, 0.717) is 18.3 Å². The third-order valence-corrected chi connectivity index (χ3v) is 4.74. The molecule has 0 bridgehead atoms. The van der Waals surface area contributed by atoms with Crippen molar-refractivity contribution < 1.29 is 9.59 Å². The van der Waals surface area contributed by atoms with E-state index in [1.807, 2.05) is 13.0 Å². The Hall–Kier alpha value is -2.63. The van der Waals surface area contributed by atoms with Gasteiger partial charge in [0.25, 0.3) is 0 Å².